The van der Waals surface area contributed by atoms with E-state index in [9.17, 15) is 0 Å². The quantitative estimate of drug-likeness (QED) is 0.925. The molecule has 3 nitrogen and oxygen atoms in total. The topological polar surface area (TPSA) is 42.1 Å². The first-order chi connectivity index (χ1) is 9.86. The second kappa shape index (κ2) is 6.16. The van der Waals surface area contributed by atoms with Gasteiger partial charge in [-0.15, -0.1) is 0 Å². The average Bonchev–Trinajstić information content (AvgIpc) is 2.97. The van der Waals surface area contributed by atoms with Crippen LogP contribution in [0.4, 0.5) is 0 Å². The number of hydrogen-bond donors (Lipinski definition) is 1. The maximum absolute atomic E-state index is 5.76. The normalized spacial score (nSPS) is 19.4. The minimum atomic E-state index is 0.520. The fourth-order valence-corrected chi connectivity index (χ4v) is 3.01. The Morgan fingerprint density at radius 2 is 2.00 bits per heavy atom. The zero-order valence-corrected chi connectivity index (χ0v) is 11.7. The van der Waals surface area contributed by atoms with Crippen molar-refractivity contribution in [3.8, 4) is 0 Å². The fraction of sp³-hybridized carbons (Fsp3) is 0.353. The third kappa shape index (κ3) is 2.89. The minimum absolute atomic E-state index is 0.520. The van der Waals surface area contributed by atoms with Crippen molar-refractivity contribution >= 4 is 0 Å². The Morgan fingerprint density at radius 1 is 1.15 bits per heavy atom. The van der Waals surface area contributed by atoms with Gasteiger partial charge in [-0.1, -0.05) is 36.4 Å². The largest absolute Gasteiger partial charge is 0.325 e. The molecule has 1 atom stereocenters. The summed E-state index contributed by atoms with van der Waals surface area (Å²) in [6, 6.07) is 15.0. The highest BCUT2D eigenvalue weighted by atomic mass is 15.1. The van der Waals surface area contributed by atoms with Crippen LogP contribution in [0.5, 0.6) is 0 Å². The Hall–Kier alpha value is -1.71. The number of nitrogens with zero attached hydrogens (tertiary/aromatic N) is 2. The Kier molecular flexibility index (Phi) is 4.09. The first-order valence-electron chi connectivity index (χ1n) is 7.27. The van der Waals surface area contributed by atoms with Crippen molar-refractivity contribution in [2.45, 2.75) is 25.4 Å². The molecule has 104 valence electrons. The molecule has 1 aliphatic heterocycles. The van der Waals surface area contributed by atoms with Crippen LogP contribution < -0.4 is 5.73 Å². The van der Waals surface area contributed by atoms with Gasteiger partial charge >= 0.3 is 0 Å². The monoisotopic (exact) mass is 267 g/mol. The van der Waals surface area contributed by atoms with Crippen molar-refractivity contribution in [1.29, 1.82) is 0 Å². The van der Waals surface area contributed by atoms with Gasteiger partial charge < -0.3 is 5.73 Å². The molecule has 3 rings (SSSR count). The molecule has 1 unspecified atom stereocenters. The summed E-state index contributed by atoms with van der Waals surface area (Å²) in [6.07, 6.45) is 3.06. The molecule has 0 bridgehead atoms. The molecular weight excluding hydrogens is 246 g/mol. The van der Waals surface area contributed by atoms with E-state index in [1.807, 2.05) is 12.3 Å². The van der Waals surface area contributed by atoms with E-state index >= 15 is 0 Å². The Bertz CT molecular complexity index is 553. The van der Waals surface area contributed by atoms with E-state index in [1.54, 1.807) is 0 Å². The minimum Gasteiger partial charge on any atom is -0.325 e. The molecule has 1 fully saturated rings. The van der Waals surface area contributed by atoms with Gasteiger partial charge in [-0.05, 0) is 36.1 Å². The Balaban J connectivity index is 1.66. The van der Waals surface area contributed by atoms with Gasteiger partial charge in [0, 0.05) is 25.8 Å². The maximum Gasteiger partial charge on any atom is 0.0584 e. The van der Waals surface area contributed by atoms with Crippen molar-refractivity contribution in [2.24, 2.45) is 5.73 Å². The average molecular weight is 267 g/mol. The highest BCUT2D eigenvalue weighted by Crippen LogP contribution is 2.28. The summed E-state index contributed by atoms with van der Waals surface area (Å²) in [4.78, 5) is 6.87. The molecular formula is C17H21N3. The lowest BCUT2D eigenvalue weighted by molar-refractivity contribution is 0.325. The predicted molar refractivity (Wildman–Crippen MR) is 81.2 cm³/mol. The van der Waals surface area contributed by atoms with Gasteiger partial charge in [-0.25, -0.2) is 0 Å². The van der Waals surface area contributed by atoms with E-state index in [0.29, 0.717) is 12.5 Å². The van der Waals surface area contributed by atoms with Crippen LogP contribution in [-0.2, 0) is 13.1 Å². The molecule has 0 radical (unpaired) electrons. The van der Waals surface area contributed by atoms with Crippen LogP contribution in [0.25, 0.3) is 0 Å². The van der Waals surface area contributed by atoms with Crippen LogP contribution in [0.15, 0.2) is 48.7 Å². The van der Waals surface area contributed by atoms with Gasteiger partial charge in [-0.3, -0.25) is 9.88 Å². The van der Waals surface area contributed by atoms with Gasteiger partial charge in [0.05, 0.1) is 5.69 Å². The van der Waals surface area contributed by atoms with Crippen molar-refractivity contribution in [2.75, 3.05) is 13.1 Å². The lowest BCUT2D eigenvalue weighted by atomic mass is 9.99. The Morgan fingerprint density at radius 3 is 2.80 bits per heavy atom. The molecule has 1 saturated heterocycles. The lowest BCUT2D eigenvalue weighted by Crippen LogP contribution is -2.21. The molecule has 0 aliphatic carbocycles. The number of likely N-dealkylation sites (tertiary alicyclic amines) is 1. The number of aromatic nitrogens is 1. The lowest BCUT2D eigenvalue weighted by Gasteiger charge is -2.17. The summed E-state index contributed by atoms with van der Waals surface area (Å²) < 4.78 is 0. The van der Waals surface area contributed by atoms with Crippen LogP contribution in [0.3, 0.4) is 0 Å². The SMILES string of the molecule is NCc1ncccc1CN1CCC(c2ccccc2)C1. The molecule has 2 N–H and O–H groups in total. The van der Waals surface area contributed by atoms with Gasteiger partial charge in [0.1, 0.15) is 0 Å². The summed E-state index contributed by atoms with van der Waals surface area (Å²) in [5, 5.41) is 0. The van der Waals surface area contributed by atoms with Gasteiger partial charge in [-0.2, -0.15) is 0 Å². The second-order valence-electron chi connectivity index (χ2n) is 5.44. The highest BCUT2D eigenvalue weighted by molar-refractivity contribution is 5.23. The molecule has 1 aliphatic rings. The summed E-state index contributed by atoms with van der Waals surface area (Å²) in [7, 11) is 0. The number of benzene rings is 1. The number of nitrogens with two attached hydrogens (primary N) is 1. The zero-order valence-electron chi connectivity index (χ0n) is 11.7. The molecule has 0 amide bonds. The predicted octanol–water partition coefficient (Wildman–Crippen LogP) is 2.53. The molecule has 20 heavy (non-hydrogen) atoms. The van der Waals surface area contributed by atoms with E-state index in [2.05, 4.69) is 46.3 Å². The van der Waals surface area contributed by atoms with E-state index in [1.165, 1.54) is 17.5 Å². The van der Waals surface area contributed by atoms with E-state index < -0.39 is 0 Å². The van der Waals surface area contributed by atoms with Crippen LogP contribution in [0.2, 0.25) is 0 Å². The van der Waals surface area contributed by atoms with Gasteiger partial charge in [0.15, 0.2) is 0 Å². The van der Waals surface area contributed by atoms with Crippen LogP contribution in [-0.4, -0.2) is 23.0 Å². The van der Waals surface area contributed by atoms with E-state index in [0.717, 1.165) is 25.3 Å². The highest BCUT2D eigenvalue weighted by Gasteiger charge is 2.24. The van der Waals surface area contributed by atoms with Crippen molar-refractivity contribution in [3.63, 3.8) is 0 Å². The number of rotatable bonds is 4. The molecule has 2 aromatic rings. The van der Waals surface area contributed by atoms with Crippen LogP contribution in [0, 0.1) is 0 Å². The summed E-state index contributed by atoms with van der Waals surface area (Å²) in [5.74, 6) is 0.661. The smallest absolute Gasteiger partial charge is 0.0584 e. The van der Waals surface area contributed by atoms with Crippen molar-refractivity contribution in [1.82, 2.24) is 9.88 Å². The zero-order chi connectivity index (χ0) is 13.8. The van der Waals surface area contributed by atoms with E-state index in [-0.39, 0.29) is 0 Å². The number of pyridine rings is 1. The summed E-state index contributed by atoms with van der Waals surface area (Å²) in [6.45, 7) is 3.76. The number of hydrogen-bond acceptors (Lipinski definition) is 3. The third-order valence-electron chi connectivity index (χ3n) is 4.12. The second-order valence-corrected chi connectivity index (χ2v) is 5.44. The Labute approximate surface area is 120 Å². The van der Waals surface area contributed by atoms with Crippen molar-refractivity contribution < 1.29 is 0 Å². The van der Waals surface area contributed by atoms with Crippen molar-refractivity contribution in [3.05, 3.63) is 65.5 Å². The van der Waals surface area contributed by atoms with Crippen LogP contribution >= 0.6 is 0 Å². The summed E-state index contributed by atoms with van der Waals surface area (Å²) in [5.41, 5.74) is 9.51. The van der Waals surface area contributed by atoms with Gasteiger partial charge in [0.25, 0.3) is 0 Å². The summed E-state index contributed by atoms with van der Waals surface area (Å²) >= 11 is 0. The molecule has 2 heterocycles. The molecule has 1 aromatic carbocycles. The first-order valence-corrected chi connectivity index (χ1v) is 7.27. The molecule has 0 spiro atoms. The van der Waals surface area contributed by atoms with Crippen LogP contribution in [0.1, 0.15) is 29.2 Å². The third-order valence-corrected chi connectivity index (χ3v) is 4.12. The van der Waals surface area contributed by atoms with E-state index in [4.69, 9.17) is 5.73 Å². The molecule has 0 saturated carbocycles. The van der Waals surface area contributed by atoms with Gasteiger partial charge in [0.2, 0.25) is 0 Å². The fourth-order valence-electron chi connectivity index (χ4n) is 3.01. The maximum atomic E-state index is 5.76. The molecule has 3 heteroatoms. The first kappa shape index (κ1) is 13.3. The molecule has 1 aromatic heterocycles. The standard InChI is InChI=1S/C17H21N3/c18-11-17-16(7-4-9-19-17)13-20-10-8-15(12-20)14-5-2-1-3-6-14/h1-7,9,15H,8,10-13,18H2.